The third kappa shape index (κ3) is 1.77. The number of anilines is 1. The minimum atomic E-state index is -0.00920. The summed E-state index contributed by atoms with van der Waals surface area (Å²) < 4.78 is 5.06. The Hall–Kier alpha value is -1.36. The Bertz CT molecular complexity index is 331. The first-order valence-corrected chi connectivity index (χ1v) is 4.72. The summed E-state index contributed by atoms with van der Waals surface area (Å²) in [7, 11) is 0. The highest BCUT2D eigenvalue weighted by Gasteiger charge is 2.23. The van der Waals surface area contributed by atoms with Crippen LogP contribution < -0.4 is 5.32 Å². The molecule has 1 saturated heterocycles. The van der Waals surface area contributed by atoms with Gasteiger partial charge in [-0.25, -0.2) is 0 Å². The van der Waals surface area contributed by atoms with E-state index in [4.69, 9.17) is 4.74 Å². The molecule has 5 heteroatoms. The molecule has 0 aromatic carbocycles. The monoisotopic (exact) mass is 195 g/mol. The van der Waals surface area contributed by atoms with Crippen molar-refractivity contribution < 1.29 is 9.53 Å². The highest BCUT2D eigenvalue weighted by Crippen LogP contribution is 2.23. The number of carbonyl (C=O) groups excluding carboxylic acids is 1. The van der Waals surface area contributed by atoms with Crippen LogP contribution in [0.3, 0.4) is 0 Å². The van der Waals surface area contributed by atoms with E-state index in [1.807, 2.05) is 13.0 Å². The largest absolute Gasteiger partial charge is 0.380 e. The quantitative estimate of drug-likeness (QED) is 0.752. The Morgan fingerprint density at radius 3 is 3.14 bits per heavy atom. The van der Waals surface area contributed by atoms with Crippen molar-refractivity contribution in [3.05, 3.63) is 11.8 Å². The minimum absolute atomic E-state index is 0.00920. The molecule has 5 nitrogen and oxygen atoms in total. The average molecular weight is 195 g/mol. The molecule has 14 heavy (non-hydrogen) atoms. The summed E-state index contributed by atoms with van der Waals surface area (Å²) in [5.74, 6) is 1.04. The molecule has 1 aliphatic heterocycles. The number of nitrogens with zero attached hydrogens (tertiary/aromatic N) is 1. The number of amides is 1. The third-order valence-corrected chi connectivity index (χ3v) is 2.25. The molecule has 1 amide bonds. The second-order valence-electron chi connectivity index (χ2n) is 3.34. The molecule has 0 unspecified atom stereocenters. The molecule has 0 atom stereocenters. The van der Waals surface area contributed by atoms with Crippen molar-refractivity contribution in [1.82, 2.24) is 10.2 Å². The van der Waals surface area contributed by atoms with Gasteiger partial charge in [0.05, 0.1) is 18.9 Å². The van der Waals surface area contributed by atoms with Crippen LogP contribution >= 0.6 is 0 Å². The van der Waals surface area contributed by atoms with Crippen LogP contribution in [0, 0.1) is 0 Å². The van der Waals surface area contributed by atoms with Crippen LogP contribution in [0.2, 0.25) is 0 Å². The average Bonchev–Trinajstić information content (AvgIpc) is 2.50. The Morgan fingerprint density at radius 1 is 1.79 bits per heavy atom. The van der Waals surface area contributed by atoms with Crippen molar-refractivity contribution >= 4 is 11.7 Å². The first-order chi connectivity index (χ1) is 6.79. The summed E-state index contributed by atoms with van der Waals surface area (Å²) in [4.78, 5) is 11.1. The van der Waals surface area contributed by atoms with Gasteiger partial charge in [-0.3, -0.25) is 9.89 Å². The van der Waals surface area contributed by atoms with Gasteiger partial charge in [-0.1, -0.05) is 6.92 Å². The highest BCUT2D eigenvalue weighted by atomic mass is 16.5. The maximum Gasteiger partial charge on any atom is 0.225 e. The summed E-state index contributed by atoms with van der Waals surface area (Å²) in [5.41, 5.74) is 0.961. The predicted octanol–water partition coefficient (Wildman–Crippen LogP) is 0.872. The maximum atomic E-state index is 11.1. The van der Waals surface area contributed by atoms with Crippen molar-refractivity contribution in [3.8, 4) is 0 Å². The standard InChI is InChI=1S/C9H13N3O2/c1-2-9(13)10-8-3-7(11-12-8)6-4-14-5-6/h3,6H,2,4-5H2,1H3,(H2,10,11,12,13). The third-order valence-electron chi connectivity index (χ3n) is 2.25. The molecule has 0 radical (unpaired) electrons. The summed E-state index contributed by atoms with van der Waals surface area (Å²) in [6.07, 6.45) is 0.473. The fourth-order valence-electron chi connectivity index (χ4n) is 1.26. The van der Waals surface area contributed by atoms with Crippen molar-refractivity contribution in [3.63, 3.8) is 0 Å². The number of aromatic nitrogens is 2. The first kappa shape index (κ1) is 9.21. The Labute approximate surface area is 81.8 Å². The van der Waals surface area contributed by atoms with Crippen LogP contribution in [-0.2, 0) is 9.53 Å². The summed E-state index contributed by atoms with van der Waals surface area (Å²) in [6, 6.07) is 1.86. The van der Waals surface area contributed by atoms with Crippen LogP contribution in [0.1, 0.15) is 25.0 Å². The molecule has 2 rings (SSSR count). The van der Waals surface area contributed by atoms with E-state index in [-0.39, 0.29) is 5.91 Å². The van der Waals surface area contributed by atoms with E-state index in [1.165, 1.54) is 0 Å². The van der Waals surface area contributed by atoms with Crippen molar-refractivity contribution in [2.24, 2.45) is 0 Å². The predicted molar refractivity (Wildman–Crippen MR) is 51.1 cm³/mol. The Balaban J connectivity index is 1.98. The van der Waals surface area contributed by atoms with Crippen LogP contribution in [0.4, 0.5) is 5.82 Å². The topological polar surface area (TPSA) is 67.0 Å². The van der Waals surface area contributed by atoms with Crippen LogP contribution in [0.25, 0.3) is 0 Å². The van der Waals surface area contributed by atoms with Gasteiger partial charge in [-0.05, 0) is 0 Å². The number of carbonyl (C=O) groups is 1. The lowest BCUT2D eigenvalue weighted by Crippen LogP contribution is -2.25. The number of ether oxygens (including phenoxy) is 1. The fraction of sp³-hybridized carbons (Fsp3) is 0.556. The van der Waals surface area contributed by atoms with Crippen LogP contribution in [0.5, 0.6) is 0 Å². The number of H-pyrrole nitrogens is 1. The van der Waals surface area contributed by atoms with E-state index in [1.54, 1.807) is 0 Å². The number of rotatable bonds is 3. The van der Waals surface area contributed by atoms with Gasteiger partial charge in [0.15, 0.2) is 0 Å². The normalized spacial score (nSPS) is 16.4. The van der Waals surface area contributed by atoms with Gasteiger partial charge in [0, 0.05) is 18.4 Å². The fourth-order valence-corrected chi connectivity index (χ4v) is 1.26. The zero-order valence-corrected chi connectivity index (χ0v) is 8.04. The Morgan fingerprint density at radius 2 is 2.57 bits per heavy atom. The van der Waals surface area contributed by atoms with Gasteiger partial charge < -0.3 is 10.1 Å². The van der Waals surface area contributed by atoms with Gasteiger partial charge in [-0.2, -0.15) is 5.10 Å². The van der Waals surface area contributed by atoms with Gasteiger partial charge in [-0.15, -0.1) is 0 Å². The van der Waals surface area contributed by atoms with Gasteiger partial charge >= 0.3 is 0 Å². The second-order valence-corrected chi connectivity index (χ2v) is 3.34. The molecule has 1 aliphatic rings. The second kappa shape index (κ2) is 3.79. The first-order valence-electron chi connectivity index (χ1n) is 4.72. The molecule has 0 bridgehead atoms. The van der Waals surface area contributed by atoms with Gasteiger partial charge in [0.1, 0.15) is 5.82 Å². The maximum absolute atomic E-state index is 11.1. The van der Waals surface area contributed by atoms with Crippen molar-refractivity contribution in [1.29, 1.82) is 0 Å². The molecule has 1 aromatic heterocycles. The van der Waals surface area contributed by atoms with Gasteiger partial charge in [0.2, 0.25) is 5.91 Å². The lowest BCUT2D eigenvalue weighted by molar-refractivity contribution is -0.115. The molecule has 2 heterocycles. The van der Waals surface area contributed by atoms with E-state index in [9.17, 15) is 4.79 Å². The summed E-state index contributed by atoms with van der Waals surface area (Å²) in [6.45, 7) is 3.27. The lowest BCUT2D eigenvalue weighted by Gasteiger charge is -2.23. The highest BCUT2D eigenvalue weighted by molar-refractivity contribution is 5.89. The molecular formula is C9H13N3O2. The Kier molecular flexibility index (Phi) is 2.49. The van der Waals surface area contributed by atoms with Crippen LogP contribution in [0.15, 0.2) is 6.07 Å². The van der Waals surface area contributed by atoms with Crippen LogP contribution in [-0.4, -0.2) is 29.3 Å². The molecular weight excluding hydrogens is 182 g/mol. The lowest BCUT2D eigenvalue weighted by atomic mass is 10.0. The van der Waals surface area contributed by atoms with Crippen molar-refractivity contribution in [2.75, 3.05) is 18.5 Å². The van der Waals surface area contributed by atoms with E-state index in [0.717, 1.165) is 18.9 Å². The SMILES string of the molecule is CCC(=O)Nc1cc(C2COC2)n[nH]1. The molecule has 1 aromatic rings. The zero-order valence-electron chi connectivity index (χ0n) is 8.04. The molecule has 0 aliphatic carbocycles. The zero-order chi connectivity index (χ0) is 9.97. The number of nitrogens with one attached hydrogen (secondary N) is 2. The minimum Gasteiger partial charge on any atom is -0.380 e. The van der Waals surface area contributed by atoms with Gasteiger partial charge in [0.25, 0.3) is 0 Å². The molecule has 2 N–H and O–H groups in total. The summed E-state index contributed by atoms with van der Waals surface area (Å²) >= 11 is 0. The number of aromatic amines is 1. The molecule has 0 saturated carbocycles. The van der Waals surface area contributed by atoms with E-state index < -0.39 is 0 Å². The van der Waals surface area contributed by atoms with E-state index in [2.05, 4.69) is 15.5 Å². The molecule has 0 spiro atoms. The summed E-state index contributed by atoms with van der Waals surface area (Å²) in [5, 5.41) is 9.61. The molecule has 76 valence electrons. The van der Waals surface area contributed by atoms with E-state index >= 15 is 0 Å². The molecule has 1 fully saturated rings. The van der Waals surface area contributed by atoms with E-state index in [0.29, 0.717) is 18.2 Å². The number of hydrogen-bond acceptors (Lipinski definition) is 3. The smallest absolute Gasteiger partial charge is 0.225 e. The van der Waals surface area contributed by atoms with Crippen molar-refractivity contribution in [2.45, 2.75) is 19.3 Å². The number of hydrogen-bond donors (Lipinski definition) is 2.